The number of fused-ring (bicyclic) bond motifs is 2. The largest absolute Gasteiger partial charge is 0.367 e. The van der Waals surface area contributed by atoms with E-state index in [1.165, 1.54) is 47.0 Å². The minimum Gasteiger partial charge on any atom is -0.367 e. The van der Waals surface area contributed by atoms with Gasteiger partial charge in [-0.25, -0.2) is 0 Å². The molecule has 0 spiro atoms. The zero-order valence-corrected chi connectivity index (χ0v) is 13.7. The molecule has 1 fully saturated rings. The molecule has 0 bridgehead atoms. The predicted octanol–water partition coefficient (Wildman–Crippen LogP) is 5.44. The summed E-state index contributed by atoms with van der Waals surface area (Å²) in [7, 11) is 0. The van der Waals surface area contributed by atoms with E-state index in [2.05, 4.69) is 83.8 Å². The lowest BCUT2D eigenvalue weighted by atomic mass is 9.88. The van der Waals surface area contributed by atoms with Crippen LogP contribution in [-0.4, -0.2) is 17.5 Å². The molecule has 2 aliphatic heterocycles. The molecule has 2 aliphatic rings. The van der Waals surface area contributed by atoms with Crippen LogP contribution in [0.3, 0.4) is 0 Å². The summed E-state index contributed by atoms with van der Waals surface area (Å²) in [5.41, 5.74) is 4.26. The van der Waals surface area contributed by atoms with Crippen LogP contribution in [0.1, 0.15) is 29.9 Å². The van der Waals surface area contributed by atoms with E-state index in [0.717, 1.165) is 0 Å². The average Bonchev–Trinajstić information content (AvgIpc) is 3.25. The lowest BCUT2D eigenvalue weighted by Gasteiger charge is -2.26. The zero-order chi connectivity index (χ0) is 15.9. The number of hydrogen-bond acceptors (Lipinski definition) is 1. The van der Waals surface area contributed by atoms with E-state index in [1.54, 1.807) is 0 Å². The van der Waals surface area contributed by atoms with Gasteiger partial charge in [-0.05, 0) is 34.7 Å². The third-order valence-corrected chi connectivity index (χ3v) is 5.61. The smallest absolute Gasteiger partial charge is 0.0409 e. The maximum absolute atomic E-state index is 2.64. The Morgan fingerprint density at radius 2 is 1.58 bits per heavy atom. The number of nitrogens with zero attached hydrogens (tertiary/aromatic N) is 1. The minimum atomic E-state index is 0.494. The van der Waals surface area contributed by atoms with Gasteiger partial charge in [0.05, 0.1) is 0 Å². The SMILES string of the molecule is C1=C(c2ccccc2)N2CCC[C@H]2[C@H]1c1cccc2ccccc12. The molecule has 0 N–H and O–H groups in total. The zero-order valence-electron chi connectivity index (χ0n) is 13.7. The summed E-state index contributed by atoms with van der Waals surface area (Å²) in [4.78, 5) is 2.64. The molecule has 1 heteroatoms. The van der Waals surface area contributed by atoms with Crippen LogP contribution in [0.2, 0.25) is 0 Å². The first-order valence-corrected chi connectivity index (χ1v) is 8.93. The maximum Gasteiger partial charge on any atom is 0.0409 e. The second-order valence-electron chi connectivity index (χ2n) is 6.92. The Bertz CT molecular complexity index is 904. The maximum atomic E-state index is 2.64. The second kappa shape index (κ2) is 5.52. The molecule has 2 atom stereocenters. The summed E-state index contributed by atoms with van der Waals surface area (Å²) in [5.74, 6) is 0.494. The van der Waals surface area contributed by atoms with E-state index in [1.807, 2.05) is 0 Å². The fraction of sp³-hybridized carbons (Fsp3) is 0.217. The highest BCUT2D eigenvalue weighted by Crippen LogP contribution is 2.45. The van der Waals surface area contributed by atoms with Crippen molar-refractivity contribution in [3.05, 3.63) is 90.0 Å². The van der Waals surface area contributed by atoms with Gasteiger partial charge in [0.15, 0.2) is 0 Å². The van der Waals surface area contributed by atoms with Crippen LogP contribution >= 0.6 is 0 Å². The first kappa shape index (κ1) is 13.9. The van der Waals surface area contributed by atoms with Gasteiger partial charge in [-0.15, -0.1) is 0 Å². The number of benzene rings is 3. The third kappa shape index (κ3) is 2.08. The molecule has 5 rings (SSSR count). The van der Waals surface area contributed by atoms with Crippen molar-refractivity contribution in [2.24, 2.45) is 0 Å². The van der Waals surface area contributed by atoms with Gasteiger partial charge in [-0.2, -0.15) is 0 Å². The van der Waals surface area contributed by atoms with E-state index in [-0.39, 0.29) is 0 Å². The Morgan fingerprint density at radius 3 is 2.50 bits per heavy atom. The van der Waals surface area contributed by atoms with Crippen molar-refractivity contribution in [3.8, 4) is 0 Å². The van der Waals surface area contributed by atoms with Gasteiger partial charge >= 0.3 is 0 Å². The fourth-order valence-electron chi connectivity index (χ4n) is 4.55. The lowest BCUT2D eigenvalue weighted by Crippen LogP contribution is -2.26. The molecular weight excluding hydrogens is 290 g/mol. The topological polar surface area (TPSA) is 3.24 Å². The van der Waals surface area contributed by atoms with Crippen molar-refractivity contribution in [2.45, 2.75) is 24.8 Å². The van der Waals surface area contributed by atoms with Crippen molar-refractivity contribution in [2.75, 3.05) is 6.54 Å². The van der Waals surface area contributed by atoms with Crippen LogP contribution in [0.5, 0.6) is 0 Å². The van der Waals surface area contributed by atoms with Gasteiger partial charge < -0.3 is 4.90 Å². The van der Waals surface area contributed by atoms with Crippen molar-refractivity contribution >= 4 is 16.5 Å². The van der Waals surface area contributed by atoms with Crippen LogP contribution in [0.4, 0.5) is 0 Å². The van der Waals surface area contributed by atoms with Crippen LogP contribution < -0.4 is 0 Å². The van der Waals surface area contributed by atoms with E-state index in [9.17, 15) is 0 Å². The van der Waals surface area contributed by atoms with Gasteiger partial charge in [0.2, 0.25) is 0 Å². The molecule has 0 radical (unpaired) electrons. The predicted molar refractivity (Wildman–Crippen MR) is 101 cm³/mol. The molecule has 0 aliphatic carbocycles. The van der Waals surface area contributed by atoms with E-state index in [4.69, 9.17) is 0 Å². The average molecular weight is 311 g/mol. The molecule has 24 heavy (non-hydrogen) atoms. The molecule has 2 heterocycles. The van der Waals surface area contributed by atoms with Crippen molar-refractivity contribution < 1.29 is 0 Å². The van der Waals surface area contributed by atoms with Gasteiger partial charge in [-0.3, -0.25) is 0 Å². The molecule has 0 amide bonds. The minimum absolute atomic E-state index is 0.494. The van der Waals surface area contributed by atoms with Crippen LogP contribution in [0.25, 0.3) is 16.5 Å². The quantitative estimate of drug-likeness (QED) is 0.609. The number of hydrogen-bond donors (Lipinski definition) is 0. The Balaban J connectivity index is 1.66. The van der Waals surface area contributed by atoms with Gasteiger partial charge in [0.25, 0.3) is 0 Å². The summed E-state index contributed by atoms with van der Waals surface area (Å²) in [6.07, 6.45) is 5.11. The van der Waals surface area contributed by atoms with Gasteiger partial charge in [-0.1, -0.05) is 78.9 Å². The van der Waals surface area contributed by atoms with E-state index < -0.39 is 0 Å². The van der Waals surface area contributed by atoms with Crippen molar-refractivity contribution in [1.82, 2.24) is 4.90 Å². The fourth-order valence-corrected chi connectivity index (χ4v) is 4.55. The number of rotatable bonds is 2. The molecule has 1 nitrogen and oxygen atoms in total. The molecule has 118 valence electrons. The monoisotopic (exact) mass is 311 g/mol. The first-order chi connectivity index (χ1) is 11.9. The highest BCUT2D eigenvalue weighted by molar-refractivity contribution is 5.87. The van der Waals surface area contributed by atoms with Crippen LogP contribution in [0.15, 0.2) is 78.9 Å². The lowest BCUT2D eigenvalue weighted by molar-refractivity contribution is 0.374. The second-order valence-corrected chi connectivity index (χ2v) is 6.92. The van der Waals surface area contributed by atoms with Gasteiger partial charge in [0.1, 0.15) is 0 Å². The van der Waals surface area contributed by atoms with Crippen molar-refractivity contribution in [3.63, 3.8) is 0 Å². The highest BCUT2D eigenvalue weighted by atomic mass is 15.2. The molecule has 0 saturated carbocycles. The molecule has 3 aromatic carbocycles. The molecule has 1 saturated heterocycles. The summed E-state index contributed by atoms with van der Waals surface area (Å²) >= 11 is 0. The first-order valence-electron chi connectivity index (χ1n) is 8.93. The third-order valence-electron chi connectivity index (χ3n) is 5.61. The Labute approximate surface area is 143 Å². The van der Waals surface area contributed by atoms with E-state index >= 15 is 0 Å². The Hall–Kier alpha value is -2.54. The standard InChI is InChI=1S/C23H21N/c1-2-9-18(10-3-1)23-16-21(22-14-7-15-24(22)23)20-13-6-11-17-8-4-5-12-19(17)20/h1-6,8-13,16,21-22H,7,14-15H2/t21-,22+/m1/s1. The van der Waals surface area contributed by atoms with E-state index in [0.29, 0.717) is 12.0 Å². The Kier molecular flexibility index (Phi) is 3.19. The van der Waals surface area contributed by atoms with Crippen LogP contribution in [-0.2, 0) is 0 Å². The highest BCUT2D eigenvalue weighted by Gasteiger charge is 2.39. The normalized spacial score (nSPS) is 22.7. The summed E-state index contributed by atoms with van der Waals surface area (Å²) in [6, 6.07) is 27.1. The molecular formula is C23H21N. The summed E-state index contributed by atoms with van der Waals surface area (Å²) < 4.78 is 0. The van der Waals surface area contributed by atoms with Crippen LogP contribution in [0, 0.1) is 0 Å². The summed E-state index contributed by atoms with van der Waals surface area (Å²) in [6.45, 7) is 1.19. The molecule has 0 unspecified atom stereocenters. The summed E-state index contributed by atoms with van der Waals surface area (Å²) in [5, 5.41) is 2.75. The Morgan fingerprint density at radius 1 is 0.792 bits per heavy atom. The van der Waals surface area contributed by atoms with Crippen molar-refractivity contribution in [1.29, 1.82) is 0 Å². The van der Waals surface area contributed by atoms with Gasteiger partial charge in [0, 0.05) is 24.2 Å². The molecule has 3 aromatic rings. The molecule has 0 aromatic heterocycles.